The maximum atomic E-state index is 13.9. The molecule has 0 amide bonds. The predicted octanol–water partition coefficient (Wildman–Crippen LogP) is 7.21. The second kappa shape index (κ2) is 10.0. The van der Waals surface area contributed by atoms with Crippen LogP contribution in [0.15, 0.2) is 54.6 Å². The second-order valence-electron chi connectivity index (χ2n) is 11.0. The molecule has 0 radical (unpaired) electrons. The first-order valence-electron chi connectivity index (χ1n) is 12.7. The van der Waals surface area contributed by atoms with E-state index in [4.69, 9.17) is 4.74 Å². The molecule has 0 aromatic heterocycles. The zero-order valence-electron chi connectivity index (χ0n) is 22.1. The van der Waals surface area contributed by atoms with E-state index in [9.17, 15) is 14.7 Å². The Kier molecular flexibility index (Phi) is 7.19. The number of carboxylic acids is 1. The highest BCUT2D eigenvalue weighted by Gasteiger charge is 2.37. The number of ether oxygens (including phenoxy) is 1. The summed E-state index contributed by atoms with van der Waals surface area (Å²) in [6.45, 7) is 11.5. The average Bonchev–Trinajstić information content (AvgIpc) is 2.82. The lowest BCUT2D eigenvalue weighted by Gasteiger charge is -2.33. The summed E-state index contributed by atoms with van der Waals surface area (Å²) in [5.74, 6) is -1.06. The largest absolute Gasteiger partial charge is 0.479 e. The smallest absolute Gasteiger partial charge is 0.337 e. The molecule has 0 spiro atoms. The van der Waals surface area contributed by atoms with E-state index in [0.717, 1.165) is 51.8 Å². The van der Waals surface area contributed by atoms with E-state index in [2.05, 4.69) is 12.1 Å². The number of aryl methyl sites for hydroxylation is 1. The van der Waals surface area contributed by atoms with Gasteiger partial charge in [0.1, 0.15) is 0 Å². The maximum absolute atomic E-state index is 13.9. The first-order valence-corrected chi connectivity index (χ1v) is 12.7. The Morgan fingerprint density at radius 2 is 1.61 bits per heavy atom. The van der Waals surface area contributed by atoms with Crippen molar-refractivity contribution in [3.63, 3.8) is 0 Å². The molecule has 36 heavy (non-hydrogen) atoms. The number of carbonyl (C=O) groups excluding carboxylic acids is 1. The van der Waals surface area contributed by atoms with Crippen LogP contribution in [0.5, 0.6) is 0 Å². The van der Waals surface area contributed by atoms with Crippen molar-refractivity contribution < 1.29 is 19.4 Å². The molecule has 1 aliphatic rings. The van der Waals surface area contributed by atoms with Gasteiger partial charge in [0.15, 0.2) is 11.9 Å². The van der Waals surface area contributed by atoms with Crippen molar-refractivity contribution in [2.24, 2.45) is 5.92 Å². The van der Waals surface area contributed by atoms with Gasteiger partial charge in [-0.15, -0.1) is 0 Å². The molecule has 4 heteroatoms. The molecule has 0 heterocycles. The first-order chi connectivity index (χ1) is 17.0. The quantitative estimate of drug-likeness (QED) is 0.402. The van der Waals surface area contributed by atoms with Crippen molar-refractivity contribution >= 4 is 11.8 Å². The van der Waals surface area contributed by atoms with E-state index < -0.39 is 17.7 Å². The summed E-state index contributed by atoms with van der Waals surface area (Å²) in [5, 5.41) is 10.3. The molecule has 4 rings (SSSR count). The van der Waals surface area contributed by atoms with Crippen molar-refractivity contribution in [1.82, 2.24) is 0 Å². The number of rotatable bonds is 6. The van der Waals surface area contributed by atoms with E-state index in [1.807, 2.05) is 84.0 Å². The Bertz CT molecular complexity index is 1280. The van der Waals surface area contributed by atoms with Crippen LogP contribution in [0.3, 0.4) is 0 Å². The third kappa shape index (κ3) is 5.15. The monoisotopic (exact) mass is 484 g/mol. The van der Waals surface area contributed by atoms with Crippen LogP contribution in [0.1, 0.15) is 77.0 Å². The van der Waals surface area contributed by atoms with Crippen molar-refractivity contribution in [2.75, 3.05) is 0 Å². The summed E-state index contributed by atoms with van der Waals surface area (Å²) in [6, 6.07) is 18.2. The molecule has 3 aromatic rings. The molecule has 2 unspecified atom stereocenters. The number of ketones is 1. The van der Waals surface area contributed by atoms with E-state index >= 15 is 0 Å². The van der Waals surface area contributed by atoms with Gasteiger partial charge in [-0.2, -0.15) is 0 Å². The lowest BCUT2D eigenvalue weighted by Crippen LogP contribution is -2.31. The van der Waals surface area contributed by atoms with Gasteiger partial charge in [-0.05, 0) is 94.2 Å². The minimum absolute atomic E-state index is 0.109. The van der Waals surface area contributed by atoms with Gasteiger partial charge < -0.3 is 9.84 Å². The summed E-state index contributed by atoms with van der Waals surface area (Å²) in [7, 11) is 0. The Morgan fingerprint density at radius 3 is 2.19 bits per heavy atom. The van der Waals surface area contributed by atoms with Crippen molar-refractivity contribution in [2.45, 2.75) is 72.5 Å². The van der Waals surface area contributed by atoms with Gasteiger partial charge in [0.05, 0.1) is 5.60 Å². The Balaban J connectivity index is 1.93. The lowest BCUT2D eigenvalue weighted by atomic mass is 9.72. The Labute approximate surface area is 214 Å². The zero-order valence-corrected chi connectivity index (χ0v) is 22.1. The highest BCUT2D eigenvalue weighted by atomic mass is 16.5. The second-order valence-corrected chi connectivity index (χ2v) is 11.0. The number of hydrogen-bond donors (Lipinski definition) is 1. The zero-order chi connectivity index (χ0) is 26.2. The predicted molar refractivity (Wildman–Crippen MR) is 144 cm³/mol. The third-order valence-corrected chi connectivity index (χ3v) is 7.16. The fourth-order valence-corrected chi connectivity index (χ4v) is 5.49. The SMILES string of the molecule is Cc1ccc(-c2c(C)c3c(c(C)c2C(OC(C)(C)C)C(=O)O)C(=O)C(Cc2ccccc2)CC3)cc1. The summed E-state index contributed by atoms with van der Waals surface area (Å²) < 4.78 is 6.14. The topological polar surface area (TPSA) is 63.6 Å². The highest BCUT2D eigenvalue weighted by Crippen LogP contribution is 2.44. The van der Waals surface area contributed by atoms with Crippen LogP contribution in [0.4, 0.5) is 0 Å². The summed E-state index contributed by atoms with van der Waals surface area (Å²) in [6.07, 6.45) is 1.08. The van der Waals surface area contributed by atoms with Gasteiger partial charge in [0.25, 0.3) is 0 Å². The summed E-state index contributed by atoms with van der Waals surface area (Å²) in [5.41, 5.74) is 7.44. The minimum Gasteiger partial charge on any atom is -0.479 e. The molecular formula is C32H36O4. The third-order valence-electron chi connectivity index (χ3n) is 7.16. The van der Waals surface area contributed by atoms with E-state index in [-0.39, 0.29) is 11.7 Å². The molecule has 0 bridgehead atoms. The number of benzene rings is 3. The summed E-state index contributed by atoms with van der Waals surface area (Å²) >= 11 is 0. The first kappa shape index (κ1) is 25.8. The highest BCUT2D eigenvalue weighted by molar-refractivity contribution is 6.04. The van der Waals surface area contributed by atoms with Crippen molar-refractivity contribution in [3.8, 4) is 11.1 Å². The number of hydrogen-bond acceptors (Lipinski definition) is 3. The lowest BCUT2D eigenvalue weighted by molar-refractivity contribution is -0.160. The fourth-order valence-electron chi connectivity index (χ4n) is 5.49. The minimum atomic E-state index is -1.19. The number of Topliss-reactive ketones (excluding diaryl/α,β-unsaturated/α-hetero) is 1. The molecule has 0 saturated carbocycles. The van der Waals surface area contributed by atoms with Crippen LogP contribution < -0.4 is 0 Å². The van der Waals surface area contributed by atoms with Gasteiger partial charge >= 0.3 is 5.97 Å². The molecule has 0 fully saturated rings. The molecule has 4 nitrogen and oxygen atoms in total. The van der Waals surface area contributed by atoms with E-state index in [1.54, 1.807) is 0 Å². The molecule has 0 saturated heterocycles. The van der Waals surface area contributed by atoms with Crippen LogP contribution in [0, 0.1) is 26.7 Å². The van der Waals surface area contributed by atoms with Crippen LogP contribution in [0.2, 0.25) is 0 Å². The van der Waals surface area contributed by atoms with E-state index in [1.165, 1.54) is 0 Å². The normalized spacial score (nSPS) is 16.5. The van der Waals surface area contributed by atoms with Crippen LogP contribution in [0.25, 0.3) is 11.1 Å². The number of carbonyl (C=O) groups is 2. The van der Waals surface area contributed by atoms with Crippen LogP contribution >= 0.6 is 0 Å². The van der Waals surface area contributed by atoms with Crippen LogP contribution in [-0.2, 0) is 22.4 Å². The maximum Gasteiger partial charge on any atom is 0.337 e. The standard InChI is InChI=1S/C32H36O4/c1-19-12-14-23(15-13-19)26-20(2)25-17-16-24(18-22-10-8-7-9-11-22)29(33)27(25)21(3)28(26)30(31(34)35)36-32(4,5)6/h7-15,24,30H,16-18H2,1-6H3,(H,34,35). The Hall–Kier alpha value is -3.24. The van der Waals surface area contributed by atoms with Crippen molar-refractivity contribution in [1.29, 1.82) is 0 Å². The average molecular weight is 485 g/mol. The van der Waals surface area contributed by atoms with Gasteiger partial charge in [0, 0.05) is 17.0 Å². The molecule has 3 aromatic carbocycles. The van der Waals surface area contributed by atoms with Gasteiger partial charge in [-0.25, -0.2) is 4.79 Å². The number of carboxylic acid groups (broad SMARTS) is 1. The van der Waals surface area contributed by atoms with Gasteiger partial charge in [0.2, 0.25) is 0 Å². The molecule has 0 aliphatic heterocycles. The molecular weight excluding hydrogens is 448 g/mol. The molecule has 2 atom stereocenters. The van der Waals surface area contributed by atoms with Gasteiger partial charge in [-0.1, -0.05) is 60.2 Å². The molecule has 1 N–H and O–H groups in total. The molecule has 188 valence electrons. The van der Waals surface area contributed by atoms with Gasteiger partial charge in [-0.3, -0.25) is 4.79 Å². The fraction of sp³-hybridized carbons (Fsp3) is 0.375. The summed E-state index contributed by atoms with van der Waals surface area (Å²) in [4.78, 5) is 26.6. The molecule has 1 aliphatic carbocycles. The number of fused-ring (bicyclic) bond motifs is 1. The van der Waals surface area contributed by atoms with Crippen molar-refractivity contribution in [3.05, 3.63) is 93.5 Å². The number of aliphatic carboxylic acids is 1. The van der Waals surface area contributed by atoms with E-state index in [0.29, 0.717) is 17.5 Å². The van der Waals surface area contributed by atoms with Crippen LogP contribution in [-0.4, -0.2) is 22.5 Å². The Morgan fingerprint density at radius 1 is 0.972 bits per heavy atom.